The Labute approximate surface area is 181 Å². The van der Waals surface area contributed by atoms with Gasteiger partial charge in [0.25, 0.3) is 5.91 Å². The number of nitro benzene ring substituents is 1. The van der Waals surface area contributed by atoms with Crippen LogP contribution in [0.5, 0.6) is 17.2 Å². The molecule has 0 radical (unpaired) electrons. The molecule has 0 saturated carbocycles. The highest BCUT2D eigenvalue weighted by atomic mass is 35.5. The van der Waals surface area contributed by atoms with Crippen molar-refractivity contribution in [2.45, 2.75) is 0 Å². The molecule has 3 N–H and O–H groups in total. The maximum absolute atomic E-state index is 12.6. The Morgan fingerprint density at radius 1 is 1.00 bits per heavy atom. The molecule has 3 aromatic rings. The average molecular weight is 442 g/mol. The first-order valence-corrected chi connectivity index (χ1v) is 9.17. The van der Waals surface area contributed by atoms with Crippen molar-refractivity contribution in [2.75, 3.05) is 12.4 Å². The van der Waals surface area contributed by atoms with E-state index in [-0.39, 0.29) is 39.0 Å². The van der Waals surface area contributed by atoms with E-state index in [9.17, 15) is 19.7 Å². The normalized spacial score (nSPS) is 10.3. The van der Waals surface area contributed by atoms with Crippen LogP contribution in [0, 0.1) is 10.1 Å². The fourth-order valence-electron chi connectivity index (χ4n) is 2.67. The maximum Gasteiger partial charge on any atom is 0.313 e. The molecular weight excluding hydrogens is 426 g/mol. The van der Waals surface area contributed by atoms with Crippen LogP contribution < -0.4 is 20.5 Å². The molecule has 0 aliphatic rings. The van der Waals surface area contributed by atoms with Crippen LogP contribution in [0.2, 0.25) is 5.02 Å². The van der Waals surface area contributed by atoms with Crippen LogP contribution in [0.25, 0.3) is 0 Å². The Morgan fingerprint density at radius 2 is 1.65 bits per heavy atom. The number of carbonyl (C=O) groups is 2. The Morgan fingerprint density at radius 3 is 2.26 bits per heavy atom. The molecule has 0 aromatic heterocycles. The van der Waals surface area contributed by atoms with Crippen LogP contribution in [-0.2, 0) is 0 Å². The molecule has 158 valence electrons. The zero-order valence-electron chi connectivity index (χ0n) is 16.1. The predicted octanol–water partition coefficient (Wildman–Crippen LogP) is 4.40. The van der Waals surface area contributed by atoms with Crippen molar-refractivity contribution in [3.05, 3.63) is 86.9 Å². The van der Waals surface area contributed by atoms with E-state index < -0.39 is 16.7 Å². The fourth-order valence-corrected chi connectivity index (χ4v) is 2.84. The lowest BCUT2D eigenvalue weighted by Gasteiger charge is -2.12. The van der Waals surface area contributed by atoms with Gasteiger partial charge >= 0.3 is 5.69 Å². The number of rotatable bonds is 7. The lowest BCUT2D eigenvalue weighted by Crippen LogP contribution is -2.15. The van der Waals surface area contributed by atoms with Gasteiger partial charge in [0.15, 0.2) is 0 Å². The Hall–Kier alpha value is -4.11. The van der Waals surface area contributed by atoms with Gasteiger partial charge in [-0.25, -0.2) is 0 Å². The van der Waals surface area contributed by atoms with Crippen molar-refractivity contribution in [3.63, 3.8) is 0 Å². The van der Waals surface area contributed by atoms with Gasteiger partial charge in [0, 0.05) is 22.2 Å². The summed E-state index contributed by atoms with van der Waals surface area (Å²) in [6.07, 6.45) is 0. The van der Waals surface area contributed by atoms with Crippen LogP contribution in [0.15, 0.2) is 60.7 Å². The van der Waals surface area contributed by atoms with Crippen LogP contribution >= 0.6 is 11.6 Å². The molecule has 3 aromatic carbocycles. The molecule has 2 amide bonds. The van der Waals surface area contributed by atoms with E-state index >= 15 is 0 Å². The number of nitrogens with two attached hydrogens (primary N) is 1. The highest BCUT2D eigenvalue weighted by molar-refractivity contribution is 6.30. The third-order valence-electron chi connectivity index (χ3n) is 4.19. The number of halogens is 1. The van der Waals surface area contributed by atoms with Gasteiger partial charge in [0.1, 0.15) is 11.5 Å². The Bertz CT molecular complexity index is 1160. The standard InChI is InChI=1S/C21H16ClN3O6/c1-30-18-8-4-13(20(23)26)10-16(18)24-21(27)12-2-6-15(7-3-12)31-19-9-5-14(22)11-17(19)25(28)29/h2-11H,1H3,(H2,23,26)(H,24,27). The topological polar surface area (TPSA) is 134 Å². The Kier molecular flexibility index (Phi) is 6.37. The van der Waals surface area contributed by atoms with E-state index in [0.717, 1.165) is 0 Å². The van der Waals surface area contributed by atoms with Crippen LogP contribution in [0.3, 0.4) is 0 Å². The number of benzene rings is 3. The summed E-state index contributed by atoms with van der Waals surface area (Å²) in [6.45, 7) is 0. The summed E-state index contributed by atoms with van der Waals surface area (Å²) < 4.78 is 10.7. The summed E-state index contributed by atoms with van der Waals surface area (Å²) in [4.78, 5) is 34.5. The number of primary amides is 1. The van der Waals surface area contributed by atoms with Crippen LogP contribution in [-0.4, -0.2) is 23.8 Å². The first-order valence-electron chi connectivity index (χ1n) is 8.79. The van der Waals surface area contributed by atoms with Gasteiger partial charge in [-0.3, -0.25) is 19.7 Å². The molecule has 0 saturated heterocycles. The van der Waals surface area contributed by atoms with Gasteiger partial charge in [0.2, 0.25) is 11.7 Å². The van der Waals surface area contributed by atoms with E-state index in [1.165, 1.54) is 67.8 Å². The van der Waals surface area contributed by atoms with Crippen LogP contribution in [0.1, 0.15) is 20.7 Å². The molecule has 0 heterocycles. The molecule has 0 aliphatic carbocycles. The van der Waals surface area contributed by atoms with Crippen molar-refractivity contribution in [2.24, 2.45) is 5.73 Å². The minimum Gasteiger partial charge on any atom is -0.495 e. The third kappa shape index (κ3) is 5.09. The van der Waals surface area contributed by atoms with Gasteiger partial charge in [-0.15, -0.1) is 0 Å². The highest BCUT2D eigenvalue weighted by Crippen LogP contribution is 2.33. The van der Waals surface area contributed by atoms with Gasteiger partial charge in [-0.2, -0.15) is 0 Å². The van der Waals surface area contributed by atoms with Crippen molar-refractivity contribution in [3.8, 4) is 17.2 Å². The molecule has 0 aliphatic heterocycles. The first-order chi connectivity index (χ1) is 14.8. The number of amides is 2. The molecule has 9 nitrogen and oxygen atoms in total. The zero-order chi connectivity index (χ0) is 22.5. The highest BCUT2D eigenvalue weighted by Gasteiger charge is 2.17. The number of hydrogen-bond donors (Lipinski definition) is 2. The van der Waals surface area contributed by atoms with E-state index in [0.29, 0.717) is 5.75 Å². The van der Waals surface area contributed by atoms with Crippen molar-refractivity contribution in [1.82, 2.24) is 0 Å². The number of hydrogen-bond acceptors (Lipinski definition) is 6. The van der Waals surface area contributed by atoms with Crippen molar-refractivity contribution >= 4 is 34.8 Å². The second-order valence-electron chi connectivity index (χ2n) is 6.23. The largest absolute Gasteiger partial charge is 0.495 e. The minimum atomic E-state index is -0.643. The van der Waals surface area contributed by atoms with Crippen LogP contribution in [0.4, 0.5) is 11.4 Å². The summed E-state index contributed by atoms with van der Waals surface area (Å²) in [5.74, 6) is -0.455. The summed E-state index contributed by atoms with van der Waals surface area (Å²) >= 11 is 5.80. The van der Waals surface area contributed by atoms with Crippen molar-refractivity contribution < 1.29 is 24.0 Å². The molecule has 0 unspecified atom stereocenters. The number of ether oxygens (including phenoxy) is 2. The van der Waals surface area contributed by atoms with Gasteiger partial charge in [-0.05, 0) is 54.6 Å². The molecule has 3 rings (SSSR count). The monoisotopic (exact) mass is 441 g/mol. The minimum absolute atomic E-state index is 0.0135. The van der Waals surface area contributed by atoms with E-state index in [1.807, 2.05) is 0 Å². The zero-order valence-corrected chi connectivity index (χ0v) is 16.9. The van der Waals surface area contributed by atoms with E-state index in [1.54, 1.807) is 0 Å². The predicted molar refractivity (Wildman–Crippen MR) is 114 cm³/mol. The number of nitrogens with zero attached hydrogens (tertiary/aromatic N) is 1. The maximum atomic E-state index is 12.6. The number of nitro groups is 1. The number of carbonyl (C=O) groups excluding carboxylic acids is 2. The summed E-state index contributed by atoms with van der Waals surface area (Å²) in [5, 5.41) is 14.0. The van der Waals surface area contributed by atoms with Gasteiger partial charge in [-0.1, -0.05) is 11.6 Å². The molecule has 0 fully saturated rings. The summed E-state index contributed by atoms with van der Waals surface area (Å²) in [5.41, 5.74) is 5.77. The lowest BCUT2D eigenvalue weighted by atomic mass is 10.1. The molecule has 0 atom stereocenters. The molecule has 31 heavy (non-hydrogen) atoms. The van der Waals surface area contributed by atoms with Gasteiger partial charge < -0.3 is 20.5 Å². The Balaban J connectivity index is 1.78. The summed E-state index contributed by atoms with van der Waals surface area (Å²) in [7, 11) is 1.43. The lowest BCUT2D eigenvalue weighted by molar-refractivity contribution is -0.385. The fraction of sp³-hybridized carbons (Fsp3) is 0.0476. The molecule has 10 heteroatoms. The SMILES string of the molecule is COc1ccc(C(N)=O)cc1NC(=O)c1ccc(Oc2ccc(Cl)cc2[N+](=O)[O-])cc1. The third-order valence-corrected chi connectivity index (χ3v) is 4.43. The van der Waals surface area contributed by atoms with Gasteiger partial charge in [0.05, 0.1) is 17.7 Å². The van der Waals surface area contributed by atoms with E-state index in [2.05, 4.69) is 5.32 Å². The molecular formula is C21H16ClN3O6. The van der Waals surface area contributed by atoms with E-state index in [4.69, 9.17) is 26.8 Å². The molecule has 0 bridgehead atoms. The second-order valence-corrected chi connectivity index (χ2v) is 6.67. The second kappa shape index (κ2) is 9.14. The first kappa shape index (κ1) is 21.6. The number of methoxy groups -OCH3 is 1. The molecule has 0 spiro atoms. The quantitative estimate of drug-likeness (QED) is 0.412. The smallest absolute Gasteiger partial charge is 0.313 e. The number of nitrogens with one attached hydrogen (secondary N) is 1. The van der Waals surface area contributed by atoms with Crippen molar-refractivity contribution in [1.29, 1.82) is 0 Å². The summed E-state index contributed by atoms with van der Waals surface area (Å²) in [6, 6.07) is 14.4. The average Bonchev–Trinajstić information content (AvgIpc) is 2.75. The number of anilines is 1.